The number of pyridine rings is 1. The molecular weight excluding hydrogens is 685 g/mol. The zero-order chi connectivity index (χ0) is 34.9. The summed E-state index contributed by atoms with van der Waals surface area (Å²) in [5.41, 5.74) is 3.57. The number of halogens is 2. The van der Waals surface area contributed by atoms with Gasteiger partial charge >= 0.3 is 0 Å². The van der Waals surface area contributed by atoms with E-state index in [0.29, 0.717) is 35.8 Å². The number of nitrogens with zero attached hydrogens (tertiary/aromatic N) is 4. The molecule has 1 saturated heterocycles. The van der Waals surface area contributed by atoms with Crippen LogP contribution >= 0.6 is 23.2 Å². The molecule has 0 saturated carbocycles. The first-order chi connectivity index (χ1) is 23.4. The zero-order valence-corrected chi connectivity index (χ0v) is 29.9. The van der Waals surface area contributed by atoms with Crippen molar-refractivity contribution in [3.05, 3.63) is 106 Å². The van der Waals surface area contributed by atoms with E-state index in [1.807, 2.05) is 66.8 Å². The Morgan fingerprint density at radius 2 is 1.63 bits per heavy atom. The van der Waals surface area contributed by atoms with Crippen LogP contribution in [-0.2, 0) is 23.6 Å². The number of carbonyl (C=O) groups excluding carboxylic acids is 1. The maximum absolute atomic E-state index is 13.6. The van der Waals surface area contributed by atoms with Crippen LogP contribution in [-0.4, -0.2) is 66.0 Å². The van der Waals surface area contributed by atoms with Gasteiger partial charge in [0.15, 0.2) is 0 Å². The molecule has 10 nitrogen and oxygen atoms in total. The normalized spacial score (nSPS) is 14.0. The van der Waals surface area contributed by atoms with Crippen LogP contribution in [0.5, 0.6) is 17.4 Å². The molecule has 13 heteroatoms. The summed E-state index contributed by atoms with van der Waals surface area (Å²) in [7, 11) is -2.05. The third-order valence-corrected chi connectivity index (χ3v) is 10.5. The monoisotopic (exact) mass is 721 g/mol. The van der Waals surface area contributed by atoms with E-state index in [4.69, 9.17) is 32.7 Å². The van der Waals surface area contributed by atoms with Crippen molar-refractivity contribution in [2.24, 2.45) is 7.05 Å². The van der Waals surface area contributed by atoms with Crippen LogP contribution in [0.3, 0.4) is 0 Å². The highest BCUT2D eigenvalue weighted by molar-refractivity contribution is 7.92. The average Bonchev–Trinajstić information content (AvgIpc) is 3.39. The maximum atomic E-state index is 13.6. The van der Waals surface area contributed by atoms with Gasteiger partial charge in [-0.05, 0) is 80.4 Å². The number of benzene rings is 3. The molecule has 0 spiro atoms. The standard InChI is InChI=1S/C36H37Cl2N5O5S/c1-23(2)47-27-8-5-25(6-9-27)22-42-13-15-43(16-14-42)36(44)34-18-26-7-10-28(19-33(26)41(34)4)48-35-17-24(3)32(21-39-35)40-49(45,46)29-11-12-30(37)31(38)20-29/h5-12,17-21,23,40H,13-16,22H2,1-4H3. The van der Waals surface area contributed by atoms with Crippen LogP contribution in [0.4, 0.5) is 5.69 Å². The number of piperazine rings is 1. The highest BCUT2D eigenvalue weighted by Crippen LogP contribution is 2.30. The van der Waals surface area contributed by atoms with E-state index in [-0.39, 0.29) is 32.8 Å². The number of amides is 1. The van der Waals surface area contributed by atoms with E-state index in [9.17, 15) is 13.2 Å². The van der Waals surface area contributed by atoms with Crippen molar-refractivity contribution in [3.63, 3.8) is 0 Å². The van der Waals surface area contributed by atoms with Gasteiger partial charge in [0.1, 0.15) is 17.2 Å². The van der Waals surface area contributed by atoms with Gasteiger partial charge in [-0.25, -0.2) is 13.4 Å². The smallest absolute Gasteiger partial charge is 0.270 e. The third kappa shape index (κ3) is 7.96. The summed E-state index contributed by atoms with van der Waals surface area (Å²) >= 11 is 11.9. The molecule has 1 aliphatic rings. The zero-order valence-electron chi connectivity index (χ0n) is 27.6. The second kappa shape index (κ2) is 14.3. The van der Waals surface area contributed by atoms with Crippen molar-refractivity contribution in [2.75, 3.05) is 30.9 Å². The number of hydrogen-bond donors (Lipinski definition) is 1. The van der Waals surface area contributed by atoms with Gasteiger partial charge in [-0.3, -0.25) is 14.4 Å². The highest BCUT2D eigenvalue weighted by atomic mass is 35.5. The first-order valence-electron chi connectivity index (χ1n) is 15.9. The lowest BCUT2D eigenvalue weighted by Gasteiger charge is -2.34. The molecule has 6 rings (SSSR count). The molecule has 49 heavy (non-hydrogen) atoms. The summed E-state index contributed by atoms with van der Waals surface area (Å²) in [6.07, 6.45) is 1.54. The number of aryl methyl sites for hydroxylation is 2. The van der Waals surface area contributed by atoms with Crippen LogP contribution < -0.4 is 14.2 Å². The lowest BCUT2D eigenvalue weighted by atomic mass is 10.2. The molecule has 0 aliphatic carbocycles. The van der Waals surface area contributed by atoms with Gasteiger partial charge in [-0.2, -0.15) is 0 Å². The second-order valence-electron chi connectivity index (χ2n) is 12.3. The van der Waals surface area contributed by atoms with Crippen molar-refractivity contribution < 1.29 is 22.7 Å². The SMILES string of the molecule is Cc1cc(Oc2ccc3cc(C(=O)N4CCN(Cc5ccc(OC(C)C)cc5)CC4)n(C)c3c2)ncc1NS(=O)(=O)c1ccc(Cl)c(Cl)c1. The van der Waals surface area contributed by atoms with Gasteiger partial charge in [0.2, 0.25) is 5.88 Å². The Bertz CT molecular complexity index is 2110. The van der Waals surface area contributed by atoms with Crippen LogP contribution in [0.1, 0.15) is 35.5 Å². The number of hydrogen-bond acceptors (Lipinski definition) is 7. The summed E-state index contributed by atoms with van der Waals surface area (Å²) in [6.45, 7) is 9.48. The van der Waals surface area contributed by atoms with Gasteiger partial charge in [0.05, 0.1) is 38.4 Å². The van der Waals surface area contributed by atoms with Crippen molar-refractivity contribution in [1.82, 2.24) is 19.4 Å². The first-order valence-corrected chi connectivity index (χ1v) is 18.1. The van der Waals surface area contributed by atoms with E-state index in [1.54, 1.807) is 13.0 Å². The van der Waals surface area contributed by atoms with Crippen LogP contribution in [0.25, 0.3) is 10.9 Å². The minimum absolute atomic E-state index is 0.00721. The summed E-state index contributed by atoms with van der Waals surface area (Å²) < 4.78 is 42.0. The number of carbonyl (C=O) groups is 1. The molecular formula is C36H37Cl2N5O5S. The molecule has 0 radical (unpaired) electrons. The number of rotatable bonds is 10. The first kappa shape index (κ1) is 34.6. The van der Waals surface area contributed by atoms with Gasteiger partial charge in [0.25, 0.3) is 15.9 Å². The molecule has 1 amide bonds. The predicted octanol–water partition coefficient (Wildman–Crippen LogP) is 7.53. The molecule has 1 N–H and O–H groups in total. The Balaban J connectivity index is 1.08. The van der Waals surface area contributed by atoms with E-state index >= 15 is 0 Å². The molecule has 0 atom stereocenters. The summed E-state index contributed by atoms with van der Waals surface area (Å²) in [6, 6.07) is 21.4. The van der Waals surface area contributed by atoms with Crippen molar-refractivity contribution in [2.45, 2.75) is 38.3 Å². The number of ether oxygens (including phenoxy) is 2. The summed E-state index contributed by atoms with van der Waals surface area (Å²) in [5.74, 6) is 1.68. The average molecular weight is 723 g/mol. The molecule has 0 bridgehead atoms. The van der Waals surface area contributed by atoms with Gasteiger partial charge in [0, 0.05) is 57.3 Å². The number of fused-ring (bicyclic) bond motifs is 1. The molecule has 256 valence electrons. The molecule has 0 unspecified atom stereocenters. The van der Waals surface area contributed by atoms with Crippen LogP contribution in [0, 0.1) is 6.92 Å². The maximum Gasteiger partial charge on any atom is 0.270 e. The molecule has 2 aromatic heterocycles. The quantitative estimate of drug-likeness (QED) is 0.159. The third-order valence-electron chi connectivity index (χ3n) is 8.35. The topological polar surface area (TPSA) is 106 Å². The molecule has 3 heterocycles. The predicted molar refractivity (Wildman–Crippen MR) is 193 cm³/mol. The Morgan fingerprint density at radius 1 is 0.918 bits per heavy atom. The van der Waals surface area contributed by atoms with E-state index in [1.165, 1.54) is 30.0 Å². The van der Waals surface area contributed by atoms with E-state index < -0.39 is 10.0 Å². The number of nitrogens with one attached hydrogen (secondary N) is 1. The van der Waals surface area contributed by atoms with Crippen molar-refractivity contribution in [1.29, 1.82) is 0 Å². The fourth-order valence-electron chi connectivity index (χ4n) is 5.71. The number of anilines is 1. The minimum Gasteiger partial charge on any atom is -0.491 e. The van der Waals surface area contributed by atoms with E-state index in [0.717, 1.165) is 36.3 Å². The van der Waals surface area contributed by atoms with E-state index in [2.05, 4.69) is 26.7 Å². The van der Waals surface area contributed by atoms with Crippen molar-refractivity contribution in [3.8, 4) is 17.4 Å². The van der Waals surface area contributed by atoms with Gasteiger partial charge in [-0.15, -0.1) is 0 Å². The van der Waals surface area contributed by atoms with Gasteiger partial charge < -0.3 is 18.9 Å². The summed E-state index contributed by atoms with van der Waals surface area (Å²) in [4.78, 5) is 22.2. The second-order valence-corrected chi connectivity index (χ2v) is 14.8. The summed E-state index contributed by atoms with van der Waals surface area (Å²) in [5, 5.41) is 1.31. The lowest BCUT2D eigenvalue weighted by Crippen LogP contribution is -2.48. The highest BCUT2D eigenvalue weighted by Gasteiger charge is 2.25. The van der Waals surface area contributed by atoms with Crippen LogP contribution in [0.2, 0.25) is 10.0 Å². The molecule has 3 aromatic carbocycles. The minimum atomic E-state index is -3.92. The van der Waals surface area contributed by atoms with Crippen molar-refractivity contribution >= 4 is 55.7 Å². The van der Waals surface area contributed by atoms with Crippen LogP contribution in [0.15, 0.2) is 83.9 Å². The lowest BCUT2D eigenvalue weighted by molar-refractivity contribution is 0.0619. The fraction of sp³-hybridized carbons (Fsp3) is 0.278. The molecule has 5 aromatic rings. The fourth-order valence-corrected chi connectivity index (χ4v) is 7.22. The van der Waals surface area contributed by atoms with Gasteiger partial charge in [-0.1, -0.05) is 35.3 Å². The Hall–Kier alpha value is -4.29. The Kier molecular flexibility index (Phi) is 10.1. The largest absolute Gasteiger partial charge is 0.491 e. The number of sulfonamides is 1. The molecule has 1 aliphatic heterocycles. The molecule has 1 fully saturated rings. The number of aromatic nitrogens is 2. The Morgan fingerprint density at radius 3 is 2.31 bits per heavy atom. The Labute approximate surface area is 296 Å².